The summed E-state index contributed by atoms with van der Waals surface area (Å²) in [5, 5.41) is 9.24. The Kier molecular flexibility index (Phi) is 7.83. The number of hydrogen-bond acceptors (Lipinski definition) is 8. The number of halogens is 2. The number of aromatic nitrogens is 4. The van der Waals surface area contributed by atoms with Crippen molar-refractivity contribution in [3.63, 3.8) is 0 Å². The molecule has 0 spiro atoms. The first kappa shape index (κ1) is 28.6. The van der Waals surface area contributed by atoms with Gasteiger partial charge in [-0.2, -0.15) is 5.10 Å². The number of amides is 2. The second kappa shape index (κ2) is 11.5. The lowest BCUT2D eigenvalue weighted by Gasteiger charge is -2.27. The van der Waals surface area contributed by atoms with Gasteiger partial charge in [-0.25, -0.2) is 23.5 Å². The summed E-state index contributed by atoms with van der Waals surface area (Å²) in [6, 6.07) is 7.18. The molecule has 1 aliphatic carbocycles. The van der Waals surface area contributed by atoms with Gasteiger partial charge in [-0.05, 0) is 57.7 Å². The number of aromatic amines is 1. The Balaban J connectivity index is 1.35. The van der Waals surface area contributed by atoms with Crippen LogP contribution >= 0.6 is 0 Å². The SMILES string of the molecule is CC(C)(C)OC(=O)N(CC1CC1)c1cc(-c2nc(C(=O)Nc3cn[nH]c3-c3ccc(C=O)c(C(F)F)c3)co2)ccn1. The molecular weight excluding hydrogens is 550 g/mol. The van der Waals surface area contributed by atoms with Crippen molar-refractivity contribution in [2.75, 3.05) is 16.8 Å². The number of H-pyrrole nitrogens is 1. The van der Waals surface area contributed by atoms with Gasteiger partial charge in [0.25, 0.3) is 12.3 Å². The largest absolute Gasteiger partial charge is 0.444 e. The van der Waals surface area contributed by atoms with Crippen molar-refractivity contribution in [1.29, 1.82) is 0 Å². The van der Waals surface area contributed by atoms with E-state index in [4.69, 9.17) is 9.15 Å². The third-order valence-corrected chi connectivity index (χ3v) is 6.38. The van der Waals surface area contributed by atoms with Crippen molar-refractivity contribution in [1.82, 2.24) is 20.2 Å². The van der Waals surface area contributed by atoms with Gasteiger partial charge in [0.15, 0.2) is 12.0 Å². The number of anilines is 2. The summed E-state index contributed by atoms with van der Waals surface area (Å²) in [5.74, 6) is 0.227. The molecule has 4 aromatic rings. The van der Waals surface area contributed by atoms with E-state index >= 15 is 0 Å². The number of ether oxygens (including phenoxy) is 1. The molecule has 0 unspecified atom stereocenters. The van der Waals surface area contributed by atoms with Gasteiger partial charge >= 0.3 is 6.09 Å². The number of alkyl halides is 2. The maximum atomic E-state index is 13.4. The summed E-state index contributed by atoms with van der Waals surface area (Å²) >= 11 is 0. The summed E-state index contributed by atoms with van der Waals surface area (Å²) in [4.78, 5) is 47.2. The van der Waals surface area contributed by atoms with E-state index in [1.165, 1.54) is 35.7 Å². The molecule has 1 aromatic carbocycles. The van der Waals surface area contributed by atoms with Gasteiger partial charge in [-0.1, -0.05) is 12.1 Å². The standard InChI is InChI=1S/C29H28F2N6O5/c1-29(2,3)42-28(40)37(13-16-4-5-16)23-11-18(8-9-32-23)27-35-22(15-41-27)26(39)34-21-12-33-36-24(21)17-6-7-19(14-38)20(10-17)25(30)31/h6-12,14-16,25H,4-5,13H2,1-3H3,(H,33,36)(H,34,39). The molecule has 1 fully saturated rings. The smallest absolute Gasteiger partial charge is 0.416 e. The Morgan fingerprint density at radius 2 is 2.00 bits per heavy atom. The van der Waals surface area contributed by atoms with Crippen molar-refractivity contribution in [3.05, 3.63) is 65.8 Å². The Morgan fingerprint density at radius 3 is 2.69 bits per heavy atom. The van der Waals surface area contributed by atoms with Gasteiger partial charge in [0, 0.05) is 35.0 Å². The average Bonchev–Trinajstić information content (AvgIpc) is 3.42. The zero-order valence-electron chi connectivity index (χ0n) is 23.1. The van der Waals surface area contributed by atoms with Crippen molar-refractivity contribution in [2.24, 2.45) is 5.92 Å². The van der Waals surface area contributed by atoms with Crippen LogP contribution in [0.5, 0.6) is 0 Å². The quantitative estimate of drug-likeness (QED) is 0.221. The zero-order chi connectivity index (χ0) is 30.0. The monoisotopic (exact) mass is 578 g/mol. The second-order valence-electron chi connectivity index (χ2n) is 10.8. The van der Waals surface area contributed by atoms with Crippen molar-refractivity contribution in [3.8, 4) is 22.7 Å². The first-order valence-electron chi connectivity index (χ1n) is 13.2. The molecule has 1 aliphatic rings. The van der Waals surface area contributed by atoms with Gasteiger partial charge in [0.05, 0.1) is 17.6 Å². The fourth-order valence-electron chi connectivity index (χ4n) is 4.16. The normalized spacial score (nSPS) is 13.2. The van der Waals surface area contributed by atoms with Crippen LogP contribution in [0.15, 0.2) is 53.4 Å². The second-order valence-corrected chi connectivity index (χ2v) is 10.8. The molecule has 42 heavy (non-hydrogen) atoms. The van der Waals surface area contributed by atoms with E-state index in [0.29, 0.717) is 35.7 Å². The summed E-state index contributed by atoms with van der Waals surface area (Å²) in [7, 11) is 0. The molecule has 3 heterocycles. The van der Waals surface area contributed by atoms with Crippen molar-refractivity contribution < 1.29 is 32.3 Å². The van der Waals surface area contributed by atoms with E-state index in [1.807, 2.05) is 0 Å². The molecule has 3 aromatic heterocycles. The maximum absolute atomic E-state index is 13.4. The fraction of sp³-hybridized carbons (Fsp3) is 0.310. The predicted octanol–water partition coefficient (Wildman–Crippen LogP) is 6.28. The molecule has 11 nitrogen and oxygen atoms in total. The summed E-state index contributed by atoms with van der Waals surface area (Å²) in [6.07, 6.45) is 3.04. The van der Waals surface area contributed by atoms with Gasteiger partial charge in [-0.15, -0.1) is 0 Å². The molecule has 0 saturated heterocycles. The van der Waals surface area contributed by atoms with Crippen LogP contribution in [0.2, 0.25) is 0 Å². The van der Waals surface area contributed by atoms with Gasteiger partial charge in [0.1, 0.15) is 17.7 Å². The number of rotatable bonds is 9. The van der Waals surface area contributed by atoms with Crippen LogP contribution in [0.4, 0.5) is 25.1 Å². The minimum absolute atomic E-state index is 0.0536. The Morgan fingerprint density at radius 1 is 1.21 bits per heavy atom. The lowest BCUT2D eigenvalue weighted by Crippen LogP contribution is -2.38. The number of nitrogens with one attached hydrogen (secondary N) is 2. The van der Waals surface area contributed by atoms with Crippen molar-refractivity contribution in [2.45, 2.75) is 45.6 Å². The van der Waals surface area contributed by atoms with E-state index in [9.17, 15) is 23.2 Å². The highest BCUT2D eigenvalue weighted by Crippen LogP contribution is 2.33. The highest BCUT2D eigenvalue weighted by atomic mass is 19.3. The molecule has 2 N–H and O–H groups in total. The van der Waals surface area contributed by atoms with Crippen LogP contribution in [0.25, 0.3) is 22.7 Å². The lowest BCUT2D eigenvalue weighted by atomic mass is 10.0. The fourth-order valence-corrected chi connectivity index (χ4v) is 4.16. The number of benzene rings is 1. The summed E-state index contributed by atoms with van der Waals surface area (Å²) < 4.78 is 38.0. The number of carbonyl (C=O) groups excluding carboxylic acids is 3. The third kappa shape index (κ3) is 6.51. The predicted molar refractivity (Wildman–Crippen MR) is 148 cm³/mol. The molecule has 218 valence electrons. The van der Waals surface area contributed by atoms with E-state index in [2.05, 4.69) is 25.5 Å². The highest BCUT2D eigenvalue weighted by molar-refractivity contribution is 6.04. The first-order valence-corrected chi connectivity index (χ1v) is 13.2. The topological polar surface area (TPSA) is 143 Å². The molecule has 5 rings (SSSR count). The van der Waals surface area contributed by atoms with Crippen LogP contribution in [0.3, 0.4) is 0 Å². The maximum Gasteiger partial charge on any atom is 0.416 e. The average molecular weight is 579 g/mol. The lowest BCUT2D eigenvalue weighted by molar-refractivity contribution is 0.0577. The number of pyridine rings is 1. The van der Waals surface area contributed by atoms with E-state index in [-0.39, 0.29) is 28.5 Å². The molecule has 13 heteroatoms. The van der Waals surface area contributed by atoms with Gasteiger partial charge in [-0.3, -0.25) is 19.6 Å². The van der Waals surface area contributed by atoms with Crippen LogP contribution in [-0.2, 0) is 4.74 Å². The van der Waals surface area contributed by atoms with Gasteiger partial charge < -0.3 is 14.5 Å². The number of oxazole rings is 1. The van der Waals surface area contributed by atoms with E-state index in [0.717, 1.165) is 18.9 Å². The Labute approximate surface area is 239 Å². The molecule has 0 bridgehead atoms. The van der Waals surface area contributed by atoms with E-state index < -0.39 is 29.6 Å². The first-order chi connectivity index (χ1) is 20.0. The number of nitrogens with zero attached hydrogens (tertiary/aromatic N) is 4. The third-order valence-electron chi connectivity index (χ3n) is 6.38. The molecular formula is C29H28F2N6O5. The van der Waals surface area contributed by atoms with Gasteiger partial charge in [0.2, 0.25) is 5.89 Å². The molecule has 1 saturated carbocycles. The summed E-state index contributed by atoms with van der Waals surface area (Å²) in [5.41, 5.74) is -0.0326. The minimum Gasteiger partial charge on any atom is -0.444 e. The molecule has 0 aliphatic heterocycles. The zero-order valence-corrected chi connectivity index (χ0v) is 23.1. The van der Waals surface area contributed by atoms with Crippen molar-refractivity contribution >= 4 is 29.8 Å². The van der Waals surface area contributed by atoms with Crippen LogP contribution in [0.1, 0.15) is 66.4 Å². The molecule has 0 atom stereocenters. The minimum atomic E-state index is -2.86. The Bertz CT molecular complexity index is 1620. The number of carbonyl (C=O) groups is 3. The molecule has 0 radical (unpaired) electrons. The number of hydrogen-bond donors (Lipinski definition) is 2. The number of aldehydes is 1. The van der Waals surface area contributed by atoms with E-state index in [1.54, 1.807) is 32.9 Å². The molecule has 2 amide bonds. The van der Waals surface area contributed by atoms with Crippen LogP contribution in [-0.4, -0.2) is 50.6 Å². The van der Waals surface area contributed by atoms with Crippen LogP contribution < -0.4 is 10.2 Å². The Hall–Kier alpha value is -4.94. The highest BCUT2D eigenvalue weighted by Gasteiger charge is 2.31. The summed E-state index contributed by atoms with van der Waals surface area (Å²) in [6.45, 7) is 5.84. The van der Waals surface area contributed by atoms with Crippen LogP contribution in [0, 0.1) is 5.92 Å².